The first-order valence-electron chi connectivity index (χ1n) is 8.96. The number of halogens is 2. The SMILES string of the molecule is CNC(=O)Oc1c(N)nc(-c2[nH]nc3ncc(F)c(Cc4ccccc4F)c23)nc1N. The van der Waals surface area contributed by atoms with Gasteiger partial charge < -0.3 is 21.5 Å². The van der Waals surface area contributed by atoms with E-state index in [0.717, 1.165) is 6.20 Å². The molecule has 3 aromatic heterocycles. The highest BCUT2D eigenvalue weighted by Crippen LogP contribution is 2.33. The number of rotatable bonds is 4. The lowest BCUT2D eigenvalue weighted by molar-refractivity contribution is 0.203. The molecule has 1 amide bonds. The molecule has 10 nitrogen and oxygen atoms in total. The van der Waals surface area contributed by atoms with E-state index in [0.29, 0.717) is 0 Å². The van der Waals surface area contributed by atoms with Crippen molar-refractivity contribution in [1.29, 1.82) is 0 Å². The van der Waals surface area contributed by atoms with Gasteiger partial charge in [0.15, 0.2) is 23.1 Å². The maximum absolute atomic E-state index is 14.7. The summed E-state index contributed by atoms with van der Waals surface area (Å²) in [6.07, 6.45) is 0.139. The molecular formula is C19H16F2N8O2. The molecule has 0 spiro atoms. The first-order chi connectivity index (χ1) is 14.9. The fourth-order valence-corrected chi connectivity index (χ4v) is 3.04. The first-order valence-corrected chi connectivity index (χ1v) is 8.96. The van der Waals surface area contributed by atoms with Crippen molar-refractivity contribution in [2.24, 2.45) is 0 Å². The molecule has 6 N–H and O–H groups in total. The summed E-state index contributed by atoms with van der Waals surface area (Å²) >= 11 is 0. The molecule has 3 heterocycles. The molecule has 31 heavy (non-hydrogen) atoms. The zero-order valence-corrected chi connectivity index (χ0v) is 16.1. The number of aromatic amines is 1. The topological polar surface area (TPSA) is 158 Å². The summed E-state index contributed by atoms with van der Waals surface area (Å²) in [4.78, 5) is 23.6. The summed E-state index contributed by atoms with van der Waals surface area (Å²) in [6.45, 7) is 0. The number of H-pyrrole nitrogens is 1. The summed E-state index contributed by atoms with van der Waals surface area (Å²) < 4.78 is 33.9. The Kier molecular flexibility index (Phi) is 5.03. The second-order valence-corrected chi connectivity index (χ2v) is 6.44. The van der Waals surface area contributed by atoms with Crippen LogP contribution in [-0.4, -0.2) is 38.3 Å². The molecule has 0 bridgehead atoms. The number of hydrogen-bond acceptors (Lipinski definition) is 8. The third kappa shape index (κ3) is 3.66. The van der Waals surface area contributed by atoms with Gasteiger partial charge in [0, 0.05) is 19.0 Å². The molecule has 1 aromatic carbocycles. The minimum Gasteiger partial charge on any atom is -0.402 e. The normalized spacial score (nSPS) is 10.9. The van der Waals surface area contributed by atoms with Crippen molar-refractivity contribution in [3.05, 3.63) is 53.2 Å². The van der Waals surface area contributed by atoms with Gasteiger partial charge in [0.1, 0.15) is 17.3 Å². The lowest BCUT2D eigenvalue weighted by atomic mass is 10.0. The van der Waals surface area contributed by atoms with Crippen molar-refractivity contribution in [2.75, 3.05) is 18.5 Å². The fourth-order valence-electron chi connectivity index (χ4n) is 3.04. The molecule has 0 atom stereocenters. The van der Waals surface area contributed by atoms with Crippen LogP contribution >= 0.6 is 0 Å². The Hall–Kier alpha value is -4.35. The van der Waals surface area contributed by atoms with E-state index in [2.05, 4.69) is 30.5 Å². The molecule has 0 fully saturated rings. The molecule has 0 radical (unpaired) electrons. The fraction of sp³-hybridized carbons (Fsp3) is 0.105. The number of nitrogens with zero attached hydrogens (tertiary/aromatic N) is 4. The third-order valence-electron chi connectivity index (χ3n) is 4.50. The number of amides is 1. The van der Waals surface area contributed by atoms with Crippen molar-refractivity contribution in [3.63, 3.8) is 0 Å². The van der Waals surface area contributed by atoms with Crippen molar-refractivity contribution >= 4 is 28.8 Å². The zero-order valence-electron chi connectivity index (χ0n) is 16.1. The van der Waals surface area contributed by atoms with Crippen LogP contribution in [0.15, 0.2) is 30.5 Å². The van der Waals surface area contributed by atoms with Crippen LogP contribution in [0, 0.1) is 11.6 Å². The minimum atomic E-state index is -0.805. The predicted octanol–water partition coefficient (Wildman–Crippen LogP) is 2.17. The summed E-state index contributed by atoms with van der Waals surface area (Å²) in [5.41, 5.74) is 12.5. The Bertz CT molecular complexity index is 1280. The van der Waals surface area contributed by atoms with E-state index in [1.165, 1.54) is 13.1 Å². The van der Waals surface area contributed by atoms with E-state index in [-0.39, 0.29) is 57.5 Å². The van der Waals surface area contributed by atoms with Crippen LogP contribution in [0.5, 0.6) is 5.75 Å². The van der Waals surface area contributed by atoms with E-state index in [9.17, 15) is 13.6 Å². The van der Waals surface area contributed by atoms with E-state index in [4.69, 9.17) is 16.2 Å². The number of ether oxygens (including phenoxy) is 1. The molecular weight excluding hydrogens is 410 g/mol. The predicted molar refractivity (Wildman–Crippen MR) is 108 cm³/mol. The van der Waals surface area contributed by atoms with Gasteiger partial charge in [0.2, 0.25) is 5.75 Å². The van der Waals surface area contributed by atoms with Crippen LogP contribution in [0.2, 0.25) is 0 Å². The molecule has 0 aliphatic heterocycles. The van der Waals surface area contributed by atoms with Gasteiger partial charge in [-0.1, -0.05) is 18.2 Å². The molecule has 158 valence electrons. The molecule has 12 heteroatoms. The lowest BCUT2D eigenvalue weighted by Crippen LogP contribution is -2.23. The molecule has 0 saturated carbocycles. The number of anilines is 2. The summed E-state index contributed by atoms with van der Waals surface area (Å²) in [7, 11) is 1.36. The average molecular weight is 426 g/mol. The van der Waals surface area contributed by atoms with Gasteiger partial charge in [-0.05, 0) is 11.6 Å². The number of fused-ring (bicyclic) bond motifs is 1. The van der Waals surface area contributed by atoms with Crippen LogP contribution < -0.4 is 21.5 Å². The number of nitrogens with two attached hydrogens (primary N) is 2. The molecule has 0 aliphatic carbocycles. The van der Waals surface area contributed by atoms with Gasteiger partial charge in [0.25, 0.3) is 0 Å². The highest BCUT2D eigenvalue weighted by molar-refractivity contribution is 5.92. The largest absolute Gasteiger partial charge is 0.412 e. The number of nitrogens with one attached hydrogen (secondary N) is 2. The van der Waals surface area contributed by atoms with Crippen LogP contribution in [0.4, 0.5) is 25.2 Å². The van der Waals surface area contributed by atoms with Gasteiger partial charge >= 0.3 is 6.09 Å². The number of nitrogen functional groups attached to an aromatic ring is 2. The zero-order chi connectivity index (χ0) is 22.1. The summed E-state index contributed by atoms with van der Waals surface area (Å²) in [5, 5.41) is 9.25. The number of carbonyl (C=O) groups excluding carboxylic acids is 1. The Morgan fingerprint density at radius 1 is 1.16 bits per heavy atom. The van der Waals surface area contributed by atoms with Crippen molar-refractivity contribution < 1.29 is 18.3 Å². The second-order valence-electron chi connectivity index (χ2n) is 6.44. The Labute approximate surface area is 173 Å². The van der Waals surface area contributed by atoms with Crippen molar-refractivity contribution in [1.82, 2.24) is 30.5 Å². The van der Waals surface area contributed by atoms with Gasteiger partial charge in [-0.25, -0.2) is 28.5 Å². The summed E-state index contributed by atoms with van der Waals surface area (Å²) in [6, 6.07) is 6.04. The number of hydrogen-bond donors (Lipinski definition) is 4. The monoisotopic (exact) mass is 426 g/mol. The number of carbonyl (C=O) groups is 1. The molecule has 4 aromatic rings. The van der Waals surface area contributed by atoms with Crippen molar-refractivity contribution in [2.45, 2.75) is 6.42 Å². The number of aromatic nitrogens is 5. The number of pyridine rings is 1. The van der Waals surface area contributed by atoms with Gasteiger partial charge in [0.05, 0.1) is 11.6 Å². The summed E-state index contributed by atoms with van der Waals surface area (Å²) in [5.74, 6) is -1.80. The van der Waals surface area contributed by atoms with Crippen molar-refractivity contribution in [3.8, 4) is 17.3 Å². The average Bonchev–Trinajstić information content (AvgIpc) is 3.18. The third-order valence-corrected chi connectivity index (χ3v) is 4.50. The van der Waals surface area contributed by atoms with E-state index in [1.807, 2.05) is 0 Å². The smallest absolute Gasteiger partial charge is 0.402 e. The van der Waals surface area contributed by atoms with E-state index >= 15 is 0 Å². The van der Waals surface area contributed by atoms with Crippen LogP contribution in [0.1, 0.15) is 11.1 Å². The molecule has 0 aliphatic rings. The van der Waals surface area contributed by atoms with Crippen LogP contribution in [-0.2, 0) is 6.42 Å². The van der Waals surface area contributed by atoms with E-state index < -0.39 is 17.7 Å². The molecule has 0 saturated heterocycles. The number of benzene rings is 1. The van der Waals surface area contributed by atoms with Crippen LogP contribution in [0.25, 0.3) is 22.6 Å². The minimum absolute atomic E-state index is 0.0241. The van der Waals surface area contributed by atoms with Gasteiger partial charge in [-0.15, -0.1) is 0 Å². The first kappa shape index (κ1) is 19.9. The second kappa shape index (κ2) is 7.82. The maximum atomic E-state index is 14.7. The van der Waals surface area contributed by atoms with E-state index in [1.54, 1.807) is 18.2 Å². The van der Waals surface area contributed by atoms with Crippen LogP contribution in [0.3, 0.4) is 0 Å². The van der Waals surface area contributed by atoms with Gasteiger partial charge in [-0.2, -0.15) is 5.10 Å². The highest BCUT2D eigenvalue weighted by atomic mass is 19.1. The molecule has 4 rings (SSSR count). The standard InChI is InChI=1S/C19H16F2N8O2/c1-24-19(30)31-14-15(22)26-18(27-16(14)23)13-12-9(6-8-4-2-3-5-10(8)20)11(21)7-25-17(12)29-28-13/h2-5,7H,6H2,1H3,(H,24,30)(H,25,28,29)(H4,22,23,26,27). The maximum Gasteiger partial charge on any atom is 0.412 e. The highest BCUT2D eigenvalue weighted by Gasteiger charge is 2.22. The molecule has 0 unspecified atom stereocenters. The Balaban J connectivity index is 1.85. The quantitative estimate of drug-likeness (QED) is 0.386. The van der Waals surface area contributed by atoms with Gasteiger partial charge in [-0.3, -0.25) is 5.10 Å². The Morgan fingerprint density at radius 2 is 1.87 bits per heavy atom. The Morgan fingerprint density at radius 3 is 2.55 bits per heavy atom. The lowest BCUT2D eigenvalue weighted by Gasteiger charge is -2.10.